The lowest BCUT2D eigenvalue weighted by molar-refractivity contribution is -0.136. The lowest BCUT2D eigenvalue weighted by atomic mass is 9.98. The van der Waals surface area contributed by atoms with Gasteiger partial charge in [-0.15, -0.1) is 0 Å². The van der Waals surface area contributed by atoms with Crippen LogP contribution in [0.25, 0.3) is 11.0 Å². The van der Waals surface area contributed by atoms with E-state index in [1.54, 1.807) is 68.1 Å². The molecular weight excluding hydrogens is 530 g/mol. The van der Waals surface area contributed by atoms with Crippen LogP contribution in [0.15, 0.2) is 42.5 Å². The minimum absolute atomic E-state index is 0.00218. The number of likely N-dealkylation sites (tertiary alicyclic amines) is 1. The van der Waals surface area contributed by atoms with Gasteiger partial charge >= 0.3 is 18.2 Å². The summed E-state index contributed by atoms with van der Waals surface area (Å²) in [7, 11) is 0. The standard InChI is InChI=1S/C29H35N5O7/c1-17(31-26(37)41-28(2,3)4)24(36)40-19-12-10-18(11-13-19)16-39-27(38)34-15-7-14-29(34,5)25-32-21-9-6-8-20(23(30)35)22(21)33-25/h6,8-13,17H,7,14-16H2,1-5H3,(H2,30,35)(H,31,37)(H,32,33)/t17-,29?/m0/s1. The van der Waals surface area contributed by atoms with E-state index in [-0.39, 0.29) is 12.4 Å². The van der Waals surface area contributed by atoms with Crippen molar-refractivity contribution in [1.29, 1.82) is 0 Å². The predicted molar refractivity (Wildman–Crippen MR) is 149 cm³/mol. The highest BCUT2D eigenvalue weighted by Gasteiger charge is 2.44. The highest BCUT2D eigenvalue weighted by molar-refractivity contribution is 6.04. The van der Waals surface area contributed by atoms with E-state index in [4.69, 9.17) is 19.9 Å². The monoisotopic (exact) mass is 565 g/mol. The Morgan fingerprint density at radius 2 is 1.85 bits per heavy atom. The number of imidazole rings is 1. The van der Waals surface area contributed by atoms with Gasteiger partial charge in [-0.1, -0.05) is 18.2 Å². The Hall–Kier alpha value is -4.61. The molecule has 41 heavy (non-hydrogen) atoms. The molecule has 3 amide bonds. The first-order chi connectivity index (χ1) is 19.3. The van der Waals surface area contributed by atoms with E-state index in [9.17, 15) is 19.2 Å². The molecule has 0 spiro atoms. The zero-order valence-electron chi connectivity index (χ0n) is 23.8. The minimum atomic E-state index is -0.922. The lowest BCUT2D eigenvalue weighted by Crippen LogP contribution is -2.43. The van der Waals surface area contributed by atoms with Crippen LogP contribution in [-0.4, -0.2) is 57.1 Å². The zero-order chi connectivity index (χ0) is 29.9. The number of amides is 3. The van der Waals surface area contributed by atoms with Gasteiger partial charge in [0.15, 0.2) is 0 Å². The summed E-state index contributed by atoms with van der Waals surface area (Å²) in [5, 5.41) is 2.44. The summed E-state index contributed by atoms with van der Waals surface area (Å²) in [5.41, 5.74) is 6.18. The summed E-state index contributed by atoms with van der Waals surface area (Å²) in [6.45, 7) is 9.06. The maximum atomic E-state index is 13.1. The molecule has 12 heteroatoms. The number of ether oxygens (including phenoxy) is 3. The molecule has 0 radical (unpaired) electrons. The van der Waals surface area contributed by atoms with E-state index in [2.05, 4.69) is 15.3 Å². The normalized spacial score (nSPS) is 17.6. The molecule has 0 bridgehead atoms. The van der Waals surface area contributed by atoms with Crippen molar-refractivity contribution in [3.05, 3.63) is 59.4 Å². The van der Waals surface area contributed by atoms with Crippen LogP contribution in [0.4, 0.5) is 9.59 Å². The van der Waals surface area contributed by atoms with Crippen molar-refractivity contribution in [2.45, 2.75) is 71.2 Å². The number of primary amides is 1. The Morgan fingerprint density at radius 1 is 1.15 bits per heavy atom. The van der Waals surface area contributed by atoms with Crippen LogP contribution in [-0.2, 0) is 26.4 Å². The summed E-state index contributed by atoms with van der Waals surface area (Å²) < 4.78 is 16.1. The third-order valence-corrected chi connectivity index (χ3v) is 6.74. The molecule has 4 N–H and O–H groups in total. The number of benzene rings is 2. The Labute approximate surface area is 237 Å². The summed E-state index contributed by atoms with van der Waals surface area (Å²) in [6, 6.07) is 10.7. The molecule has 2 atom stereocenters. The van der Waals surface area contributed by atoms with Crippen LogP contribution >= 0.6 is 0 Å². The van der Waals surface area contributed by atoms with Crippen molar-refractivity contribution in [3.63, 3.8) is 0 Å². The van der Waals surface area contributed by atoms with Gasteiger partial charge in [0.1, 0.15) is 40.9 Å². The second-order valence-electron chi connectivity index (χ2n) is 11.2. The number of alkyl carbamates (subject to hydrolysis) is 1. The van der Waals surface area contributed by atoms with Gasteiger partial charge < -0.3 is 30.2 Å². The van der Waals surface area contributed by atoms with E-state index in [0.29, 0.717) is 41.0 Å². The van der Waals surface area contributed by atoms with Gasteiger partial charge in [0.25, 0.3) is 5.91 Å². The number of para-hydroxylation sites is 1. The topological polar surface area (TPSA) is 166 Å². The molecule has 0 aliphatic carbocycles. The second-order valence-corrected chi connectivity index (χ2v) is 11.2. The molecule has 2 aromatic carbocycles. The summed E-state index contributed by atoms with van der Waals surface area (Å²) >= 11 is 0. The van der Waals surface area contributed by atoms with E-state index in [0.717, 1.165) is 6.42 Å². The van der Waals surface area contributed by atoms with E-state index in [1.165, 1.54) is 6.92 Å². The van der Waals surface area contributed by atoms with Crippen molar-refractivity contribution in [2.75, 3.05) is 6.54 Å². The number of nitrogens with one attached hydrogen (secondary N) is 2. The highest BCUT2D eigenvalue weighted by Crippen LogP contribution is 2.38. The molecule has 1 unspecified atom stereocenters. The third kappa shape index (κ3) is 6.76. The average Bonchev–Trinajstić information content (AvgIpc) is 3.51. The number of nitrogens with zero attached hydrogens (tertiary/aromatic N) is 2. The second kappa shape index (κ2) is 11.5. The van der Waals surface area contributed by atoms with E-state index >= 15 is 0 Å². The smallest absolute Gasteiger partial charge is 0.410 e. The Bertz CT molecular complexity index is 1460. The quantitative estimate of drug-likeness (QED) is 0.284. The van der Waals surface area contributed by atoms with Gasteiger partial charge in [-0.3, -0.25) is 9.69 Å². The Kier molecular flexibility index (Phi) is 8.22. The highest BCUT2D eigenvalue weighted by atomic mass is 16.6. The number of H-pyrrole nitrogens is 1. The van der Waals surface area contributed by atoms with Crippen molar-refractivity contribution >= 4 is 35.1 Å². The van der Waals surface area contributed by atoms with Gasteiger partial charge in [0.05, 0.1) is 11.1 Å². The molecule has 1 aliphatic rings. The van der Waals surface area contributed by atoms with Crippen LogP contribution in [0.3, 0.4) is 0 Å². The fourth-order valence-electron chi connectivity index (χ4n) is 4.61. The van der Waals surface area contributed by atoms with Crippen LogP contribution < -0.4 is 15.8 Å². The fraction of sp³-hybridized carbons (Fsp3) is 0.414. The molecule has 4 rings (SSSR count). The van der Waals surface area contributed by atoms with Crippen molar-refractivity contribution in [1.82, 2.24) is 20.2 Å². The lowest BCUT2D eigenvalue weighted by Gasteiger charge is -2.32. The number of carbonyl (C=O) groups excluding carboxylic acids is 4. The molecule has 218 valence electrons. The molecule has 0 saturated carbocycles. The van der Waals surface area contributed by atoms with Crippen LogP contribution in [0.1, 0.15) is 69.2 Å². The number of aromatic amines is 1. The number of hydrogen-bond donors (Lipinski definition) is 3. The molecule has 12 nitrogen and oxygen atoms in total. The van der Waals surface area contributed by atoms with E-state index < -0.39 is 41.2 Å². The molecule has 3 aromatic rings. The van der Waals surface area contributed by atoms with Crippen molar-refractivity contribution in [3.8, 4) is 5.75 Å². The first kappa shape index (κ1) is 29.4. The Morgan fingerprint density at radius 3 is 2.51 bits per heavy atom. The first-order valence-corrected chi connectivity index (χ1v) is 13.3. The number of hydrogen-bond acceptors (Lipinski definition) is 8. The van der Waals surface area contributed by atoms with Gasteiger partial charge in [0.2, 0.25) is 0 Å². The van der Waals surface area contributed by atoms with Gasteiger partial charge in [-0.2, -0.15) is 0 Å². The number of aromatic nitrogens is 2. The molecule has 2 heterocycles. The van der Waals surface area contributed by atoms with Crippen LogP contribution in [0, 0.1) is 0 Å². The number of nitrogens with two attached hydrogens (primary N) is 1. The van der Waals surface area contributed by atoms with Crippen LogP contribution in [0.2, 0.25) is 0 Å². The molecule has 1 saturated heterocycles. The van der Waals surface area contributed by atoms with E-state index in [1.807, 2.05) is 6.92 Å². The fourth-order valence-corrected chi connectivity index (χ4v) is 4.61. The Balaban J connectivity index is 1.35. The molecule has 1 aromatic heterocycles. The van der Waals surface area contributed by atoms with Crippen molar-refractivity contribution in [2.24, 2.45) is 5.73 Å². The number of rotatable bonds is 7. The number of esters is 1. The average molecular weight is 566 g/mol. The maximum absolute atomic E-state index is 13.1. The van der Waals surface area contributed by atoms with Crippen LogP contribution in [0.5, 0.6) is 5.75 Å². The largest absolute Gasteiger partial charge is 0.445 e. The number of fused-ring (bicyclic) bond motifs is 1. The number of carbonyl (C=O) groups is 4. The SMILES string of the molecule is C[C@H](NC(=O)OC(C)(C)C)C(=O)Oc1ccc(COC(=O)N2CCCC2(C)c2nc3c(C(N)=O)cccc3[nH]2)cc1. The van der Waals surface area contributed by atoms with Gasteiger partial charge in [-0.05, 0) is 77.3 Å². The van der Waals surface area contributed by atoms with Crippen molar-refractivity contribution < 1.29 is 33.4 Å². The molecule has 1 aliphatic heterocycles. The first-order valence-electron chi connectivity index (χ1n) is 13.3. The molecular formula is C29H35N5O7. The minimum Gasteiger partial charge on any atom is -0.445 e. The molecule has 1 fully saturated rings. The summed E-state index contributed by atoms with van der Waals surface area (Å²) in [6.07, 6.45) is 0.198. The predicted octanol–water partition coefficient (Wildman–Crippen LogP) is 4.13. The van der Waals surface area contributed by atoms with Gasteiger partial charge in [0, 0.05) is 6.54 Å². The summed E-state index contributed by atoms with van der Waals surface area (Å²) in [5.74, 6) is -0.404. The van der Waals surface area contributed by atoms with Gasteiger partial charge in [-0.25, -0.2) is 19.4 Å². The third-order valence-electron chi connectivity index (χ3n) is 6.74. The zero-order valence-corrected chi connectivity index (χ0v) is 23.8. The maximum Gasteiger partial charge on any atom is 0.410 e. The summed E-state index contributed by atoms with van der Waals surface area (Å²) in [4.78, 5) is 58.7.